The highest BCUT2D eigenvalue weighted by molar-refractivity contribution is 5.85. The Bertz CT molecular complexity index is 675. The maximum absolute atomic E-state index is 11.8. The maximum Gasteiger partial charge on any atom is 0.336 e. The largest absolute Gasteiger partial charge is 0.490 e. The second-order valence-electron chi connectivity index (χ2n) is 5.18. The van der Waals surface area contributed by atoms with Crippen molar-refractivity contribution in [3.05, 3.63) is 40.2 Å². The average Bonchev–Trinajstić information content (AvgIpc) is 2.49. The summed E-state index contributed by atoms with van der Waals surface area (Å²) in [6.45, 7) is 7.19. The SMILES string of the molecule is CCOc1cccc2c(CN3CCNCC3)cc(=O)oc12. The number of piperazine rings is 1. The molecule has 0 radical (unpaired) electrons. The molecule has 0 spiro atoms. The first-order valence-electron chi connectivity index (χ1n) is 7.39. The van der Waals surface area contributed by atoms with Gasteiger partial charge < -0.3 is 14.5 Å². The molecule has 2 heterocycles. The minimum atomic E-state index is -0.320. The van der Waals surface area contributed by atoms with Crippen molar-refractivity contribution in [1.29, 1.82) is 0 Å². The Morgan fingerprint density at radius 1 is 1.33 bits per heavy atom. The van der Waals surface area contributed by atoms with Crippen LogP contribution in [0.2, 0.25) is 0 Å². The summed E-state index contributed by atoms with van der Waals surface area (Å²) in [6.07, 6.45) is 0. The van der Waals surface area contributed by atoms with Gasteiger partial charge in [0, 0.05) is 44.2 Å². The van der Waals surface area contributed by atoms with E-state index in [1.807, 2.05) is 25.1 Å². The molecule has 21 heavy (non-hydrogen) atoms. The lowest BCUT2D eigenvalue weighted by Gasteiger charge is -2.27. The van der Waals surface area contributed by atoms with E-state index in [2.05, 4.69) is 10.2 Å². The van der Waals surface area contributed by atoms with Crippen LogP contribution >= 0.6 is 0 Å². The van der Waals surface area contributed by atoms with Crippen LogP contribution < -0.4 is 15.7 Å². The van der Waals surface area contributed by atoms with Gasteiger partial charge in [0.15, 0.2) is 11.3 Å². The van der Waals surface area contributed by atoms with Gasteiger partial charge in [-0.15, -0.1) is 0 Å². The minimum Gasteiger partial charge on any atom is -0.490 e. The second kappa shape index (κ2) is 6.28. The predicted octanol–water partition coefficient (Wildman–Crippen LogP) is 1.60. The Hall–Kier alpha value is -1.85. The smallest absolute Gasteiger partial charge is 0.336 e. The highest BCUT2D eigenvalue weighted by atomic mass is 16.5. The van der Waals surface area contributed by atoms with E-state index < -0.39 is 0 Å². The van der Waals surface area contributed by atoms with Crippen LogP contribution in [0.25, 0.3) is 11.0 Å². The van der Waals surface area contributed by atoms with Gasteiger partial charge in [-0.05, 0) is 18.6 Å². The van der Waals surface area contributed by atoms with Crippen molar-refractivity contribution in [2.75, 3.05) is 32.8 Å². The van der Waals surface area contributed by atoms with Crippen molar-refractivity contribution < 1.29 is 9.15 Å². The molecular weight excluding hydrogens is 268 g/mol. The summed E-state index contributed by atoms with van der Waals surface area (Å²) in [5.74, 6) is 0.634. The normalized spacial score (nSPS) is 16.2. The zero-order chi connectivity index (χ0) is 14.7. The van der Waals surface area contributed by atoms with Crippen LogP contribution in [0.3, 0.4) is 0 Å². The van der Waals surface area contributed by atoms with Crippen LogP contribution in [0, 0.1) is 0 Å². The van der Waals surface area contributed by atoms with Gasteiger partial charge >= 0.3 is 5.63 Å². The quantitative estimate of drug-likeness (QED) is 0.866. The highest BCUT2D eigenvalue weighted by Gasteiger charge is 2.15. The fourth-order valence-electron chi connectivity index (χ4n) is 2.73. The molecular formula is C16H20N2O3. The topological polar surface area (TPSA) is 54.7 Å². The summed E-state index contributed by atoms with van der Waals surface area (Å²) in [7, 11) is 0. The molecule has 0 aliphatic carbocycles. The molecule has 2 aromatic rings. The van der Waals surface area contributed by atoms with E-state index in [4.69, 9.17) is 9.15 Å². The summed E-state index contributed by atoms with van der Waals surface area (Å²) in [4.78, 5) is 14.2. The number of hydrogen-bond acceptors (Lipinski definition) is 5. The number of rotatable bonds is 4. The molecule has 3 rings (SSSR count). The third-order valence-electron chi connectivity index (χ3n) is 3.72. The molecule has 5 nitrogen and oxygen atoms in total. The molecule has 1 fully saturated rings. The van der Waals surface area contributed by atoms with E-state index in [1.165, 1.54) is 0 Å². The molecule has 1 aliphatic heterocycles. The van der Waals surface area contributed by atoms with Crippen molar-refractivity contribution in [3.63, 3.8) is 0 Å². The van der Waals surface area contributed by atoms with E-state index >= 15 is 0 Å². The van der Waals surface area contributed by atoms with Gasteiger partial charge in [-0.3, -0.25) is 4.90 Å². The van der Waals surface area contributed by atoms with Gasteiger partial charge in [-0.2, -0.15) is 0 Å². The Morgan fingerprint density at radius 2 is 2.14 bits per heavy atom. The van der Waals surface area contributed by atoms with E-state index in [1.54, 1.807) is 6.07 Å². The summed E-state index contributed by atoms with van der Waals surface area (Å²) in [5, 5.41) is 4.29. The summed E-state index contributed by atoms with van der Waals surface area (Å²) in [5.41, 5.74) is 1.24. The standard InChI is InChI=1S/C16H20N2O3/c1-2-20-14-5-3-4-13-12(10-15(19)21-16(13)14)11-18-8-6-17-7-9-18/h3-5,10,17H,2,6-9,11H2,1H3. The number of nitrogens with one attached hydrogen (secondary N) is 1. The monoisotopic (exact) mass is 288 g/mol. The highest BCUT2D eigenvalue weighted by Crippen LogP contribution is 2.27. The van der Waals surface area contributed by atoms with Crippen molar-refractivity contribution in [3.8, 4) is 5.75 Å². The number of para-hydroxylation sites is 1. The number of ether oxygens (including phenoxy) is 1. The Morgan fingerprint density at radius 3 is 2.90 bits per heavy atom. The molecule has 112 valence electrons. The second-order valence-corrected chi connectivity index (χ2v) is 5.18. The fourth-order valence-corrected chi connectivity index (χ4v) is 2.73. The zero-order valence-corrected chi connectivity index (χ0v) is 12.2. The van der Waals surface area contributed by atoms with Gasteiger partial charge in [0.2, 0.25) is 0 Å². The number of nitrogens with zero attached hydrogens (tertiary/aromatic N) is 1. The van der Waals surface area contributed by atoms with Crippen molar-refractivity contribution in [2.24, 2.45) is 0 Å². The third kappa shape index (κ3) is 3.09. The average molecular weight is 288 g/mol. The number of hydrogen-bond donors (Lipinski definition) is 1. The van der Waals surface area contributed by atoms with Crippen LogP contribution in [-0.4, -0.2) is 37.7 Å². The lowest BCUT2D eigenvalue weighted by molar-refractivity contribution is 0.233. The van der Waals surface area contributed by atoms with Gasteiger partial charge in [-0.25, -0.2) is 4.79 Å². The van der Waals surface area contributed by atoms with Crippen LogP contribution in [0.15, 0.2) is 33.5 Å². The molecule has 1 aromatic heterocycles. The first-order valence-corrected chi connectivity index (χ1v) is 7.39. The number of benzene rings is 1. The van der Waals surface area contributed by atoms with Crippen molar-refractivity contribution in [2.45, 2.75) is 13.5 Å². The van der Waals surface area contributed by atoms with E-state index in [-0.39, 0.29) is 5.63 Å². The fraction of sp³-hybridized carbons (Fsp3) is 0.438. The van der Waals surface area contributed by atoms with E-state index in [0.717, 1.165) is 43.7 Å². The van der Waals surface area contributed by atoms with Gasteiger partial charge in [0.05, 0.1) is 6.61 Å². The van der Waals surface area contributed by atoms with Crippen LogP contribution in [0.1, 0.15) is 12.5 Å². The lowest BCUT2D eigenvalue weighted by atomic mass is 10.1. The summed E-state index contributed by atoms with van der Waals surface area (Å²) in [6, 6.07) is 7.36. The Labute approximate surface area is 123 Å². The van der Waals surface area contributed by atoms with E-state index in [9.17, 15) is 4.79 Å². The minimum absolute atomic E-state index is 0.320. The molecule has 0 amide bonds. The Balaban J connectivity index is 2.01. The van der Waals surface area contributed by atoms with Crippen molar-refractivity contribution in [1.82, 2.24) is 10.2 Å². The predicted molar refractivity (Wildman–Crippen MR) is 81.8 cm³/mol. The molecule has 1 N–H and O–H groups in total. The maximum atomic E-state index is 11.8. The third-order valence-corrected chi connectivity index (χ3v) is 3.72. The Kier molecular flexibility index (Phi) is 4.22. The molecule has 1 saturated heterocycles. The van der Waals surface area contributed by atoms with Gasteiger partial charge in [-0.1, -0.05) is 12.1 Å². The van der Waals surface area contributed by atoms with Gasteiger partial charge in [0.1, 0.15) is 0 Å². The first kappa shape index (κ1) is 14.1. The zero-order valence-electron chi connectivity index (χ0n) is 12.2. The lowest BCUT2D eigenvalue weighted by Crippen LogP contribution is -2.43. The first-order chi connectivity index (χ1) is 10.3. The van der Waals surface area contributed by atoms with Crippen molar-refractivity contribution >= 4 is 11.0 Å². The molecule has 0 atom stereocenters. The van der Waals surface area contributed by atoms with Crippen LogP contribution in [0.4, 0.5) is 0 Å². The van der Waals surface area contributed by atoms with Gasteiger partial charge in [0.25, 0.3) is 0 Å². The van der Waals surface area contributed by atoms with E-state index in [0.29, 0.717) is 17.9 Å². The molecule has 5 heteroatoms. The van der Waals surface area contributed by atoms with Crippen LogP contribution in [0.5, 0.6) is 5.75 Å². The molecule has 1 aliphatic rings. The summed E-state index contributed by atoms with van der Waals surface area (Å²) < 4.78 is 10.9. The molecule has 1 aromatic carbocycles. The number of fused-ring (bicyclic) bond motifs is 1. The molecule has 0 saturated carbocycles. The van der Waals surface area contributed by atoms with Crippen LogP contribution in [-0.2, 0) is 6.54 Å². The summed E-state index contributed by atoms with van der Waals surface area (Å²) >= 11 is 0. The molecule has 0 bridgehead atoms. The molecule has 0 unspecified atom stereocenters.